The van der Waals surface area contributed by atoms with Gasteiger partial charge in [-0.05, 0) is 35.4 Å². The minimum atomic E-state index is -0.264. The number of ether oxygens (including phenoxy) is 1. The van der Waals surface area contributed by atoms with Crippen molar-refractivity contribution in [1.82, 2.24) is 4.90 Å². The van der Waals surface area contributed by atoms with E-state index in [1.165, 1.54) is 12.1 Å². The molecule has 0 aliphatic carbocycles. The zero-order chi connectivity index (χ0) is 15.5. The van der Waals surface area contributed by atoms with Crippen molar-refractivity contribution in [2.75, 3.05) is 12.9 Å². The third-order valence-electron chi connectivity index (χ3n) is 3.64. The van der Waals surface area contributed by atoms with Crippen molar-refractivity contribution in [3.8, 4) is 5.75 Å². The van der Waals surface area contributed by atoms with Gasteiger partial charge in [0.1, 0.15) is 16.9 Å². The highest BCUT2D eigenvalue weighted by Gasteiger charge is 2.32. The summed E-state index contributed by atoms with van der Waals surface area (Å²) >= 11 is 1.57. The van der Waals surface area contributed by atoms with E-state index in [-0.39, 0.29) is 17.1 Å². The molecular weight excluding hydrogens is 301 g/mol. The van der Waals surface area contributed by atoms with E-state index in [0.29, 0.717) is 12.3 Å². The number of hydrogen-bond acceptors (Lipinski definition) is 3. The van der Waals surface area contributed by atoms with Gasteiger partial charge in [-0.3, -0.25) is 4.79 Å². The highest BCUT2D eigenvalue weighted by atomic mass is 32.2. The lowest BCUT2D eigenvalue weighted by Gasteiger charge is -2.24. The van der Waals surface area contributed by atoms with Gasteiger partial charge in [0.15, 0.2) is 0 Å². The molecule has 0 N–H and O–H groups in total. The summed E-state index contributed by atoms with van der Waals surface area (Å²) in [5, 5.41) is -0.0600. The summed E-state index contributed by atoms with van der Waals surface area (Å²) in [4.78, 5) is 14.0. The summed E-state index contributed by atoms with van der Waals surface area (Å²) in [6.45, 7) is 0.540. The molecule has 0 aromatic heterocycles. The molecule has 0 spiro atoms. The van der Waals surface area contributed by atoms with Gasteiger partial charge in [0.25, 0.3) is 0 Å². The second kappa shape index (κ2) is 6.40. The third-order valence-corrected chi connectivity index (χ3v) is 4.89. The van der Waals surface area contributed by atoms with E-state index in [0.717, 1.165) is 16.9 Å². The first-order valence-electron chi connectivity index (χ1n) is 6.97. The Morgan fingerprint density at radius 1 is 1.18 bits per heavy atom. The van der Waals surface area contributed by atoms with E-state index >= 15 is 0 Å². The summed E-state index contributed by atoms with van der Waals surface area (Å²) in [5.41, 5.74) is 1.99. The molecule has 22 heavy (non-hydrogen) atoms. The van der Waals surface area contributed by atoms with Crippen molar-refractivity contribution in [2.45, 2.75) is 11.9 Å². The highest BCUT2D eigenvalue weighted by molar-refractivity contribution is 8.00. The highest BCUT2D eigenvalue weighted by Crippen LogP contribution is 2.39. The van der Waals surface area contributed by atoms with Gasteiger partial charge >= 0.3 is 0 Å². The van der Waals surface area contributed by atoms with Crippen LogP contribution >= 0.6 is 11.8 Å². The minimum Gasteiger partial charge on any atom is -0.497 e. The first-order chi connectivity index (χ1) is 10.7. The number of carbonyl (C=O) groups is 1. The average molecular weight is 317 g/mol. The smallest absolute Gasteiger partial charge is 0.234 e. The quantitative estimate of drug-likeness (QED) is 0.863. The summed E-state index contributed by atoms with van der Waals surface area (Å²) in [5.74, 6) is 1.09. The molecule has 2 aromatic carbocycles. The summed E-state index contributed by atoms with van der Waals surface area (Å²) in [6.07, 6.45) is 0. The number of hydrogen-bond donors (Lipinski definition) is 0. The SMILES string of the molecule is COc1ccc(CN2C(=O)CS[C@@H]2c2ccc(F)cc2)cc1. The standard InChI is InChI=1S/C17H16FNO2S/c1-21-15-8-2-12(3-9-15)10-19-16(20)11-22-17(19)13-4-6-14(18)7-5-13/h2-9,17H,10-11H2,1H3/t17-/m1/s1. The van der Waals surface area contributed by atoms with Crippen LogP contribution in [0.5, 0.6) is 5.75 Å². The zero-order valence-corrected chi connectivity index (χ0v) is 13.0. The largest absolute Gasteiger partial charge is 0.497 e. The van der Waals surface area contributed by atoms with Crippen LogP contribution in [0.15, 0.2) is 48.5 Å². The Labute approximate surface area is 133 Å². The fraction of sp³-hybridized carbons (Fsp3) is 0.235. The molecule has 1 aliphatic heterocycles. The lowest BCUT2D eigenvalue weighted by atomic mass is 10.1. The fourth-order valence-corrected chi connectivity index (χ4v) is 3.64. The monoisotopic (exact) mass is 317 g/mol. The van der Waals surface area contributed by atoms with Crippen molar-refractivity contribution >= 4 is 17.7 Å². The molecule has 114 valence electrons. The first kappa shape index (κ1) is 14.9. The molecule has 1 saturated heterocycles. The molecular formula is C17H16FNO2S. The van der Waals surface area contributed by atoms with E-state index in [1.807, 2.05) is 29.2 Å². The van der Waals surface area contributed by atoms with Gasteiger partial charge in [-0.1, -0.05) is 24.3 Å². The molecule has 0 radical (unpaired) electrons. The molecule has 3 rings (SSSR count). The molecule has 3 nitrogen and oxygen atoms in total. The Kier molecular flexibility index (Phi) is 4.34. The van der Waals surface area contributed by atoms with Crippen LogP contribution in [0.2, 0.25) is 0 Å². The van der Waals surface area contributed by atoms with Gasteiger partial charge in [0, 0.05) is 6.54 Å². The maximum atomic E-state index is 13.1. The van der Waals surface area contributed by atoms with E-state index in [2.05, 4.69) is 0 Å². The number of amides is 1. The predicted octanol–water partition coefficient (Wildman–Crippen LogP) is 3.61. The zero-order valence-electron chi connectivity index (χ0n) is 12.2. The minimum absolute atomic E-state index is 0.0600. The Morgan fingerprint density at radius 3 is 2.50 bits per heavy atom. The van der Waals surface area contributed by atoms with E-state index in [1.54, 1.807) is 31.0 Å². The molecule has 1 atom stereocenters. The summed E-state index contributed by atoms with van der Waals surface area (Å²) in [6, 6.07) is 14.0. The lowest BCUT2D eigenvalue weighted by Crippen LogP contribution is -2.27. The summed E-state index contributed by atoms with van der Waals surface area (Å²) in [7, 11) is 1.63. The Balaban J connectivity index is 1.79. The number of benzene rings is 2. The molecule has 0 bridgehead atoms. The number of rotatable bonds is 4. The molecule has 2 aromatic rings. The summed E-state index contributed by atoms with van der Waals surface area (Å²) < 4.78 is 18.2. The first-order valence-corrected chi connectivity index (χ1v) is 8.02. The van der Waals surface area contributed by atoms with Crippen molar-refractivity contribution in [2.24, 2.45) is 0 Å². The molecule has 1 fully saturated rings. The normalized spacial score (nSPS) is 17.8. The van der Waals surface area contributed by atoms with Gasteiger partial charge in [0.05, 0.1) is 12.9 Å². The van der Waals surface area contributed by atoms with E-state index in [9.17, 15) is 9.18 Å². The maximum absolute atomic E-state index is 13.1. The molecule has 1 aliphatic rings. The van der Waals surface area contributed by atoms with Crippen molar-refractivity contribution in [3.05, 3.63) is 65.5 Å². The number of thioether (sulfide) groups is 1. The number of nitrogens with zero attached hydrogens (tertiary/aromatic N) is 1. The van der Waals surface area contributed by atoms with E-state index in [4.69, 9.17) is 4.74 Å². The van der Waals surface area contributed by atoms with Gasteiger partial charge in [0.2, 0.25) is 5.91 Å². The van der Waals surface area contributed by atoms with Crippen LogP contribution in [0.3, 0.4) is 0 Å². The van der Waals surface area contributed by atoms with Crippen LogP contribution in [0.25, 0.3) is 0 Å². The molecule has 1 amide bonds. The maximum Gasteiger partial charge on any atom is 0.234 e. The molecule has 0 unspecified atom stereocenters. The Bertz CT molecular complexity index is 657. The molecule has 5 heteroatoms. The third kappa shape index (κ3) is 3.09. The second-order valence-corrected chi connectivity index (χ2v) is 6.15. The van der Waals surface area contributed by atoms with Gasteiger partial charge in [-0.15, -0.1) is 11.8 Å². The van der Waals surface area contributed by atoms with Crippen LogP contribution < -0.4 is 4.74 Å². The Morgan fingerprint density at radius 2 is 1.86 bits per heavy atom. The lowest BCUT2D eigenvalue weighted by molar-refractivity contribution is -0.128. The van der Waals surface area contributed by atoms with Crippen LogP contribution in [-0.2, 0) is 11.3 Å². The van der Waals surface area contributed by atoms with E-state index < -0.39 is 0 Å². The van der Waals surface area contributed by atoms with Gasteiger partial charge < -0.3 is 9.64 Å². The number of carbonyl (C=O) groups excluding carboxylic acids is 1. The average Bonchev–Trinajstić information content (AvgIpc) is 2.90. The van der Waals surface area contributed by atoms with Crippen LogP contribution in [0.1, 0.15) is 16.5 Å². The fourth-order valence-electron chi connectivity index (χ4n) is 2.46. The number of methoxy groups -OCH3 is 1. The number of halogens is 1. The van der Waals surface area contributed by atoms with Crippen molar-refractivity contribution in [1.29, 1.82) is 0 Å². The molecule has 0 saturated carbocycles. The van der Waals surface area contributed by atoms with Crippen molar-refractivity contribution < 1.29 is 13.9 Å². The predicted molar refractivity (Wildman–Crippen MR) is 85.1 cm³/mol. The van der Waals surface area contributed by atoms with Crippen LogP contribution in [-0.4, -0.2) is 23.7 Å². The second-order valence-electron chi connectivity index (χ2n) is 5.08. The van der Waals surface area contributed by atoms with Crippen molar-refractivity contribution in [3.63, 3.8) is 0 Å². The van der Waals surface area contributed by atoms with Gasteiger partial charge in [-0.25, -0.2) is 4.39 Å². The van der Waals surface area contributed by atoms with Crippen LogP contribution in [0, 0.1) is 5.82 Å². The topological polar surface area (TPSA) is 29.5 Å². The Hall–Kier alpha value is -2.01. The van der Waals surface area contributed by atoms with Gasteiger partial charge in [-0.2, -0.15) is 0 Å². The van der Waals surface area contributed by atoms with Crippen LogP contribution in [0.4, 0.5) is 4.39 Å². The molecule has 1 heterocycles.